The molecule has 1 amide bonds. The molecule has 0 N–H and O–H groups in total. The zero-order chi connectivity index (χ0) is 14.7. The lowest BCUT2D eigenvalue weighted by atomic mass is 9.82. The van der Waals surface area contributed by atoms with E-state index in [1.807, 2.05) is 35.4 Å². The third kappa shape index (κ3) is 3.05. The van der Waals surface area contributed by atoms with Gasteiger partial charge in [-0.3, -0.25) is 4.79 Å². The second-order valence-electron chi connectivity index (χ2n) is 5.78. The molecule has 2 fully saturated rings. The summed E-state index contributed by atoms with van der Waals surface area (Å²) in [5, 5.41) is 2.01. The maximum atomic E-state index is 12.3. The van der Waals surface area contributed by atoms with Gasteiger partial charge in [0.2, 0.25) is 5.91 Å². The van der Waals surface area contributed by atoms with E-state index in [-0.39, 0.29) is 11.3 Å². The molecule has 0 bridgehead atoms. The number of carbonyl (C=O) groups is 1. The van der Waals surface area contributed by atoms with Crippen LogP contribution in [-0.2, 0) is 14.3 Å². The van der Waals surface area contributed by atoms with Crippen molar-refractivity contribution in [2.24, 2.45) is 11.3 Å². The smallest absolute Gasteiger partial charge is 0.246 e. The SMILES string of the molecule is CCOC[C@]12COC[C@H]1CN(C(=O)/C=C/c1cccs1)C2. The summed E-state index contributed by atoms with van der Waals surface area (Å²) in [6.07, 6.45) is 3.58. The molecule has 4 nitrogen and oxygen atoms in total. The second-order valence-corrected chi connectivity index (χ2v) is 6.76. The summed E-state index contributed by atoms with van der Waals surface area (Å²) in [5.74, 6) is 0.497. The number of carbonyl (C=O) groups excluding carboxylic acids is 1. The molecule has 2 atom stereocenters. The van der Waals surface area contributed by atoms with Gasteiger partial charge in [0.15, 0.2) is 0 Å². The Labute approximate surface area is 129 Å². The van der Waals surface area contributed by atoms with Crippen LogP contribution in [-0.4, -0.2) is 50.3 Å². The summed E-state index contributed by atoms with van der Waals surface area (Å²) in [4.78, 5) is 15.4. The molecule has 3 heterocycles. The van der Waals surface area contributed by atoms with Gasteiger partial charge in [-0.25, -0.2) is 0 Å². The second kappa shape index (κ2) is 6.30. The molecule has 2 saturated heterocycles. The van der Waals surface area contributed by atoms with Crippen molar-refractivity contribution in [1.29, 1.82) is 0 Å². The highest BCUT2D eigenvalue weighted by molar-refractivity contribution is 7.10. The van der Waals surface area contributed by atoms with Crippen LogP contribution < -0.4 is 0 Å². The number of ether oxygens (including phenoxy) is 2. The minimum atomic E-state index is 0.00242. The van der Waals surface area contributed by atoms with Gasteiger partial charge in [-0.05, 0) is 24.4 Å². The first-order valence-corrected chi connectivity index (χ1v) is 8.27. The molecule has 114 valence electrons. The molecule has 0 spiro atoms. The molecule has 21 heavy (non-hydrogen) atoms. The summed E-state index contributed by atoms with van der Waals surface area (Å²) in [6, 6.07) is 4.00. The van der Waals surface area contributed by atoms with Crippen LogP contribution in [0.5, 0.6) is 0 Å². The number of nitrogens with zero attached hydrogens (tertiary/aromatic N) is 1. The van der Waals surface area contributed by atoms with Crippen LogP contribution in [0.1, 0.15) is 11.8 Å². The van der Waals surface area contributed by atoms with Gasteiger partial charge in [-0.2, -0.15) is 0 Å². The molecule has 0 saturated carbocycles. The normalized spacial score (nSPS) is 28.4. The average Bonchev–Trinajstić information content (AvgIpc) is 3.17. The number of likely N-dealkylation sites (tertiary alicyclic amines) is 1. The Morgan fingerprint density at radius 1 is 1.67 bits per heavy atom. The molecule has 0 aromatic carbocycles. The number of thiophene rings is 1. The molecule has 3 rings (SSSR count). The standard InChI is InChI=1S/C16H21NO3S/c1-2-19-11-16-10-17(8-13(16)9-20-12-16)15(18)6-5-14-4-3-7-21-14/h3-7,13H,2,8-12H2,1H3/b6-5+/t13-,16-/m1/s1. The van der Waals surface area contributed by atoms with E-state index in [1.165, 1.54) is 0 Å². The van der Waals surface area contributed by atoms with E-state index in [9.17, 15) is 4.79 Å². The fraction of sp³-hybridized carbons (Fsp3) is 0.562. The Kier molecular flexibility index (Phi) is 4.42. The predicted octanol–water partition coefficient (Wildman–Crippen LogP) is 2.27. The van der Waals surface area contributed by atoms with E-state index in [0.717, 1.165) is 24.6 Å². The summed E-state index contributed by atoms with van der Waals surface area (Å²) < 4.78 is 11.3. The number of hydrogen-bond acceptors (Lipinski definition) is 4. The van der Waals surface area contributed by atoms with Gasteiger partial charge < -0.3 is 14.4 Å². The van der Waals surface area contributed by atoms with Crippen LogP contribution in [0, 0.1) is 11.3 Å². The van der Waals surface area contributed by atoms with Gasteiger partial charge in [-0.1, -0.05) is 6.07 Å². The number of amides is 1. The molecule has 1 aromatic heterocycles. The number of fused-ring (bicyclic) bond motifs is 1. The summed E-state index contributed by atoms with van der Waals surface area (Å²) >= 11 is 1.64. The van der Waals surface area contributed by atoms with Crippen LogP contribution in [0.25, 0.3) is 6.08 Å². The Morgan fingerprint density at radius 3 is 3.33 bits per heavy atom. The van der Waals surface area contributed by atoms with Crippen LogP contribution in [0.15, 0.2) is 23.6 Å². The first-order valence-electron chi connectivity index (χ1n) is 7.39. The van der Waals surface area contributed by atoms with Crippen LogP contribution in [0.2, 0.25) is 0 Å². The molecular weight excluding hydrogens is 286 g/mol. The predicted molar refractivity (Wildman–Crippen MR) is 83.2 cm³/mol. The molecule has 2 aliphatic heterocycles. The molecule has 0 unspecified atom stereocenters. The van der Waals surface area contributed by atoms with Gasteiger partial charge in [-0.15, -0.1) is 11.3 Å². The number of rotatable bonds is 5. The Morgan fingerprint density at radius 2 is 2.57 bits per heavy atom. The van der Waals surface area contributed by atoms with Crippen LogP contribution in [0.4, 0.5) is 0 Å². The molecular formula is C16H21NO3S. The molecule has 5 heteroatoms. The summed E-state index contributed by atoms with van der Waals surface area (Å²) in [5.41, 5.74) is 0.00242. The van der Waals surface area contributed by atoms with Gasteiger partial charge >= 0.3 is 0 Å². The highest BCUT2D eigenvalue weighted by Crippen LogP contribution is 2.41. The minimum Gasteiger partial charge on any atom is -0.381 e. The quantitative estimate of drug-likeness (QED) is 0.783. The maximum Gasteiger partial charge on any atom is 0.246 e. The molecule has 0 aliphatic carbocycles. The lowest BCUT2D eigenvalue weighted by molar-refractivity contribution is -0.126. The molecule has 0 radical (unpaired) electrons. The van der Waals surface area contributed by atoms with E-state index in [1.54, 1.807) is 17.4 Å². The van der Waals surface area contributed by atoms with E-state index < -0.39 is 0 Å². The van der Waals surface area contributed by atoms with Crippen molar-refractivity contribution in [3.8, 4) is 0 Å². The zero-order valence-corrected chi connectivity index (χ0v) is 13.1. The molecule has 2 aliphatic rings. The van der Waals surface area contributed by atoms with E-state index in [2.05, 4.69) is 0 Å². The lowest BCUT2D eigenvalue weighted by Gasteiger charge is -2.26. The zero-order valence-electron chi connectivity index (χ0n) is 12.3. The van der Waals surface area contributed by atoms with Crippen molar-refractivity contribution in [2.75, 3.05) is 39.5 Å². The van der Waals surface area contributed by atoms with E-state index in [4.69, 9.17) is 9.47 Å². The van der Waals surface area contributed by atoms with Crippen molar-refractivity contribution >= 4 is 23.3 Å². The van der Waals surface area contributed by atoms with Crippen molar-refractivity contribution in [3.05, 3.63) is 28.5 Å². The third-order valence-electron chi connectivity index (χ3n) is 4.36. The Bertz CT molecular complexity index is 514. The lowest BCUT2D eigenvalue weighted by Crippen LogP contribution is -2.36. The highest BCUT2D eigenvalue weighted by Gasteiger charge is 2.51. The van der Waals surface area contributed by atoms with Crippen molar-refractivity contribution in [1.82, 2.24) is 4.90 Å². The fourth-order valence-corrected chi connectivity index (χ4v) is 3.77. The summed E-state index contributed by atoms with van der Waals surface area (Å²) in [6.45, 7) is 6.37. The maximum absolute atomic E-state index is 12.3. The van der Waals surface area contributed by atoms with E-state index in [0.29, 0.717) is 25.7 Å². The van der Waals surface area contributed by atoms with Crippen LogP contribution in [0.3, 0.4) is 0 Å². The van der Waals surface area contributed by atoms with Crippen molar-refractivity contribution < 1.29 is 14.3 Å². The van der Waals surface area contributed by atoms with Gasteiger partial charge in [0.1, 0.15) is 0 Å². The number of hydrogen-bond donors (Lipinski definition) is 0. The van der Waals surface area contributed by atoms with Gasteiger partial charge in [0.05, 0.1) is 19.8 Å². The summed E-state index contributed by atoms with van der Waals surface area (Å²) in [7, 11) is 0. The fourth-order valence-electron chi connectivity index (χ4n) is 3.15. The third-order valence-corrected chi connectivity index (χ3v) is 5.20. The van der Waals surface area contributed by atoms with E-state index >= 15 is 0 Å². The van der Waals surface area contributed by atoms with Gasteiger partial charge in [0, 0.05) is 42.0 Å². The minimum absolute atomic E-state index is 0.00242. The Hall–Kier alpha value is -1.17. The monoisotopic (exact) mass is 307 g/mol. The average molecular weight is 307 g/mol. The highest BCUT2D eigenvalue weighted by atomic mass is 32.1. The largest absolute Gasteiger partial charge is 0.381 e. The van der Waals surface area contributed by atoms with Gasteiger partial charge in [0.25, 0.3) is 0 Å². The van der Waals surface area contributed by atoms with Crippen molar-refractivity contribution in [3.63, 3.8) is 0 Å². The first-order chi connectivity index (χ1) is 10.2. The Balaban J connectivity index is 1.64. The molecule has 1 aromatic rings. The first kappa shape index (κ1) is 14.8. The van der Waals surface area contributed by atoms with Crippen LogP contribution >= 0.6 is 11.3 Å². The van der Waals surface area contributed by atoms with Crippen molar-refractivity contribution in [2.45, 2.75) is 6.92 Å². The topological polar surface area (TPSA) is 38.8 Å².